The maximum Gasteiger partial charge on any atom is 0.263 e. The van der Waals surface area contributed by atoms with Crippen molar-refractivity contribution >= 4 is 17.2 Å². The van der Waals surface area contributed by atoms with Gasteiger partial charge in [0, 0.05) is 13.0 Å². The van der Waals surface area contributed by atoms with E-state index in [9.17, 15) is 4.79 Å². The van der Waals surface area contributed by atoms with Gasteiger partial charge in [-0.25, -0.2) is 9.97 Å². The first-order valence-electron chi connectivity index (χ1n) is 5.30. The largest absolute Gasteiger partial charge is 0.351 e. The van der Waals surface area contributed by atoms with Gasteiger partial charge in [-0.05, 0) is 13.3 Å². The molecule has 0 aliphatic heterocycles. The van der Waals surface area contributed by atoms with E-state index in [1.54, 1.807) is 5.51 Å². The number of nitrogens with zero attached hydrogens (tertiary/aromatic N) is 3. The number of rotatable bonds is 5. The van der Waals surface area contributed by atoms with Crippen molar-refractivity contribution in [2.45, 2.75) is 19.8 Å². The molecule has 2 heterocycles. The van der Waals surface area contributed by atoms with Gasteiger partial charge >= 0.3 is 0 Å². The van der Waals surface area contributed by atoms with Gasteiger partial charge in [-0.1, -0.05) is 0 Å². The highest BCUT2D eigenvalue weighted by Crippen LogP contribution is 2.11. The van der Waals surface area contributed by atoms with Crippen LogP contribution in [-0.2, 0) is 6.42 Å². The topological polar surface area (TPSA) is 83.6 Å². The Kier molecular flexibility index (Phi) is 3.81. The first-order chi connectivity index (χ1) is 8.27. The van der Waals surface area contributed by atoms with Crippen molar-refractivity contribution in [3.8, 4) is 0 Å². The van der Waals surface area contributed by atoms with Crippen molar-refractivity contribution in [3.63, 3.8) is 0 Å². The molecule has 0 radical (unpaired) electrons. The minimum atomic E-state index is -0.0532. The van der Waals surface area contributed by atoms with Crippen LogP contribution in [0.4, 0.5) is 0 Å². The van der Waals surface area contributed by atoms with Crippen LogP contribution in [-0.4, -0.2) is 32.6 Å². The van der Waals surface area contributed by atoms with Crippen LogP contribution >= 0.6 is 11.3 Å². The predicted molar refractivity (Wildman–Crippen MR) is 63.9 cm³/mol. The van der Waals surface area contributed by atoms with Crippen LogP contribution < -0.4 is 5.32 Å². The summed E-state index contributed by atoms with van der Waals surface area (Å²) in [7, 11) is 0. The smallest absolute Gasteiger partial charge is 0.263 e. The molecule has 1 amide bonds. The lowest BCUT2D eigenvalue weighted by Gasteiger charge is -2.02. The summed E-state index contributed by atoms with van der Waals surface area (Å²) in [5.41, 5.74) is 2.46. The fraction of sp³-hybridized carbons (Fsp3) is 0.400. The molecule has 6 nitrogen and oxygen atoms in total. The van der Waals surface area contributed by atoms with E-state index in [1.165, 1.54) is 17.7 Å². The Morgan fingerprint density at radius 3 is 3.06 bits per heavy atom. The number of amides is 1. The number of thiazole rings is 1. The zero-order valence-electron chi connectivity index (χ0n) is 9.43. The second kappa shape index (κ2) is 5.53. The molecule has 0 aliphatic rings. The third kappa shape index (κ3) is 3.10. The van der Waals surface area contributed by atoms with Crippen molar-refractivity contribution in [2.75, 3.05) is 6.54 Å². The average molecular weight is 251 g/mol. The van der Waals surface area contributed by atoms with Crippen molar-refractivity contribution in [1.82, 2.24) is 25.5 Å². The molecule has 0 spiro atoms. The number of H-pyrrole nitrogens is 1. The molecule has 0 unspecified atom stereocenters. The minimum absolute atomic E-state index is 0.0532. The Balaban J connectivity index is 1.72. The summed E-state index contributed by atoms with van der Waals surface area (Å²) in [5, 5.41) is 9.40. The van der Waals surface area contributed by atoms with Crippen LogP contribution in [0.3, 0.4) is 0 Å². The number of nitrogens with one attached hydrogen (secondary N) is 2. The number of aryl methyl sites for hydroxylation is 2. The van der Waals surface area contributed by atoms with E-state index >= 15 is 0 Å². The van der Waals surface area contributed by atoms with Crippen LogP contribution in [0.25, 0.3) is 0 Å². The molecular formula is C10H13N5OS. The van der Waals surface area contributed by atoms with E-state index in [2.05, 4.69) is 25.5 Å². The van der Waals surface area contributed by atoms with E-state index in [0.29, 0.717) is 11.4 Å². The lowest BCUT2D eigenvalue weighted by molar-refractivity contribution is 0.0956. The molecule has 0 fully saturated rings. The standard InChI is InChI=1S/C10H13N5OS/c1-7-9(17-6-13-7)10(16)11-4-2-3-8-12-5-14-15-8/h5-6H,2-4H2,1H3,(H,11,16)(H,12,14,15). The quantitative estimate of drug-likeness (QED) is 0.774. The van der Waals surface area contributed by atoms with Crippen LogP contribution in [0, 0.1) is 6.92 Å². The number of carbonyl (C=O) groups is 1. The normalized spacial score (nSPS) is 10.4. The van der Waals surface area contributed by atoms with E-state index < -0.39 is 0 Å². The van der Waals surface area contributed by atoms with Gasteiger partial charge in [0.15, 0.2) is 0 Å². The number of aromatic nitrogens is 4. The molecule has 0 atom stereocenters. The molecule has 7 heteroatoms. The Hall–Kier alpha value is -1.76. The number of hydrogen-bond donors (Lipinski definition) is 2. The first kappa shape index (κ1) is 11.7. The Morgan fingerprint density at radius 2 is 2.41 bits per heavy atom. The number of hydrogen-bond acceptors (Lipinski definition) is 5. The maximum absolute atomic E-state index is 11.7. The fourth-order valence-electron chi connectivity index (χ4n) is 1.41. The number of aromatic amines is 1. The van der Waals surface area contributed by atoms with Crippen molar-refractivity contribution in [1.29, 1.82) is 0 Å². The van der Waals surface area contributed by atoms with Gasteiger partial charge in [0.05, 0.1) is 11.2 Å². The molecule has 90 valence electrons. The van der Waals surface area contributed by atoms with Crippen molar-refractivity contribution in [3.05, 3.63) is 28.2 Å². The van der Waals surface area contributed by atoms with Crippen LogP contribution in [0.5, 0.6) is 0 Å². The molecular weight excluding hydrogens is 238 g/mol. The minimum Gasteiger partial charge on any atom is -0.351 e. The molecule has 0 saturated heterocycles. The predicted octanol–water partition coefficient (Wildman–Crippen LogP) is 0.932. The third-order valence-corrected chi connectivity index (χ3v) is 3.22. The molecule has 2 rings (SSSR count). The SMILES string of the molecule is Cc1ncsc1C(=O)NCCCc1ncn[nH]1. The van der Waals surface area contributed by atoms with Gasteiger partial charge in [0.2, 0.25) is 0 Å². The van der Waals surface area contributed by atoms with Crippen molar-refractivity contribution < 1.29 is 4.79 Å². The van der Waals surface area contributed by atoms with E-state index in [0.717, 1.165) is 24.4 Å². The van der Waals surface area contributed by atoms with Gasteiger partial charge in [-0.3, -0.25) is 9.89 Å². The zero-order chi connectivity index (χ0) is 12.1. The number of carbonyl (C=O) groups excluding carboxylic acids is 1. The lowest BCUT2D eigenvalue weighted by atomic mass is 10.3. The molecule has 2 aromatic rings. The molecule has 0 aliphatic carbocycles. The van der Waals surface area contributed by atoms with Crippen LogP contribution in [0.15, 0.2) is 11.8 Å². The highest BCUT2D eigenvalue weighted by atomic mass is 32.1. The van der Waals surface area contributed by atoms with E-state index in [1.807, 2.05) is 6.92 Å². The first-order valence-corrected chi connectivity index (χ1v) is 6.18. The summed E-state index contributed by atoms with van der Waals surface area (Å²) >= 11 is 1.36. The van der Waals surface area contributed by atoms with Crippen LogP contribution in [0.1, 0.15) is 27.6 Å². The van der Waals surface area contributed by atoms with Gasteiger partial charge < -0.3 is 5.32 Å². The van der Waals surface area contributed by atoms with Crippen LogP contribution in [0.2, 0.25) is 0 Å². The highest BCUT2D eigenvalue weighted by molar-refractivity contribution is 7.11. The second-order valence-electron chi connectivity index (χ2n) is 3.56. The summed E-state index contributed by atoms with van der Waals surface area (Å²) in [4.78, 5) is 20.4. The molecule has 0 saturated carbocycles. The lowest BCUT2D eigenvalue weighted by Crippen LogP contribution is -2.24. The summed E-state index contributed by atoms with van der Waals surface area (Å²) < 4.78 is 0. The molecule has 0 bridgehead atoms. The van der Waals surface area contributed by atoms with Gasteiger partial charge in [0.25, 0.3) is 5.91 Å². The van der Waals surface area contributed by atoms with Crippen molar-refractivity contribution in [2.24, 2.45) is 0 Å². The van der Waals surface area contributed by atoms with E-state index in [-0.39, 0.29) is 5.91 Å². The van der Waals surface area contributed by atoms with Gasteiger partial charge in [-0.2, -0.15) is 5.10 Å². The summed E-state index contributed by atoms with van der Waals surface area (Å²) in [5.74, 6) is 0.788. The highest BCUT2D eigenvalue weighted by Gasteiger charge is 2.10. The third-order valence-electron chi connectivity index (χ3n) is 2.29. The fourth-order valence-corrected chi connectivity index (χ4v) is 2.13. The Labute approximate surface area is 103 Å². The summed E-state index contributed by atoms with van der Waals surface area (Å²) in [6.07, 6.45) is 3.09. The average Bonchev–Trinajstić information content (AvgIpc) is 2.95. The maximum atomic E-state index is 11.7. The van der Waals surface area contributed by atoms with Gasteiger partial charge in [0.1, 0.15) is 17.0 Å². The molecule has 17 heavy (non-hydrogen) atoms. The Morgan fingerprint density at radius 1 is 1.53 bits per heavy atom. The Bertz CT molecular complexity index is 479. The molecule has 2 N–H and O–H groups in total. The molecule has 2 aromatic heterocycles. The summed E-state index contributed by atoms with van der Waals surface area (Å²) in [6, 6.07) is 0. The molecule has 0 aromatic carbocycles. The van der Waals surface area contributed by atoms with Gasteiger partial charge in [-0.15, -0.1) is 11.3 Å². The monoisotopic (exact) mass is 251 g/mol. The van der Waals surface area contributed by atoms with E-state index in [4.69, 9.17) is 0 Å². The zero-order valence-corrected chi connectivity index (χ0v) is 10.3. The second-order valence-corrected chi connectivity index (χ2v) is 4.41. The summed E-state index contributed by atoms with van der Waals surface area (Å²) in [6.45, 7) is 2.46.